The normalized spacial score (nSPS) is 12.0. The highest BCUT2D eigenvalue weighted by molar-refractivity contribution is 5.94. The van der Waals surface area contributed by atoms with E-state index in [1.807, 2.05) is 0 Å². The summed E-state index contributed by atoms with van der Waals surface area (Å²) < 4.78 is 13.5. The van der Waals surface area contributed by atoms with Crippen LogP contribution in [-0.4, -0.2) is 22.7 Å². The Kier molecular flexibility index (Phi) is 4.55. The Bertz CT molecular complexity index is 658. The van der Waals surface area contributed by atoms with E-state index in [0.717, 1.165) is 0 Å². The molecule has 2 aromatic rings. The second kappa shape index (κ2) is 6.37. The van der Waals surface area contributed by atoms with Crippen molar-refractivity contribution in [1.29, 1.82) is 0 Å². The highest BCUT2D eigenvalue weighted by Gasteiger charge is 2.14. The van der Waals surface area contributed by atoms with Crippen molar-refractivity contribution in [2.24, 2.45) is 0 Å². The Hall–Kier alpha value is -2.40. The third-order valence-corrected chi connectivity index (χ3v) is 3.19. The van der Waals surface area contributed by atoms with Crippen molar-refractivity contribution in [2.45, 2.75) is 13.0 Å². The Labute approximate surface area is 121 Å². The fourth-order valence-electron chi connectivity index (χ4n) is 1.90. The van der Waals surface area contributed by atoms with Crippen LogP contribution in [-0.2, 0) is 0 Å². The van der Waals surface area contributed by atoms with Crippen LogP contribution in [0, 0.1) is 12.7 Å². The Morgan fingerprint density at radius 1 is 1.29 bits per heavy atom. The highest BCUT2D eigenvalue weighted by Crippen LogP contribution is 2.18. The average Bonchev–Trinajstić information content (AvgIpc) is 2.47. The maximum absolute atomic E-state index is 13.5. The lowest BCUT2D eigenvalue weighted by Gasteiger charge is -2.13. The van der Waals surface area contributed by atoms with Crippen molar-refractivity contribution in [2.75, 3.05) is 6.54 Å². The van der Waals surface area contributed by atoms with Gasteiger partial charge < -0.3 is 15.5 Å². The molecule has 2 aromatic carbocycles. The van der Waals surface area contributed by atoms with Gasteiger partial charge >= 0.3 is 0 Å². The number of phenols is 1. The summed E-state index contributed by atoms with van der Waals surface area (Å²) in [5, 5.41) is 22.0. The summed E-state index contributed by atoms with van der Waals surface area (Å²) in [7, 11) is 0. The van der Waals surface area contributed by atoms with Crippen molar-refractivity contribution in [1.82, 2.24) is 5.32 Å². The second-order valence-electron chi connectivity index (χ2n) is 4.75. The Morgan fingerprint density at radius 3 is 2.67 bits per heavy atom. The van der Waals surface area contributed by atoms with Crippen LogP contribution in [0.2, 0.25) is 0 Å². The average molecular weight is 289 g/mol. The van der Waals surface area contributed by atoms with Crippen LogP contribution < -0.4 is 5.32 Å². The fourth-order valence-corrected chi connectivity index (χ4v) is 1.90. The summed E-state index contributed by atoms with van der Waals surface area (Å²) in [4.78, 5) is 11.9. The van der Waals surface area contributed by atoms with E-state index in [2.05, 4.69) is 5.32 Å². The molecule has 0 heterocycles. The smallest absolute Gasteiger partial charge is 0.251 e. The SMILES string of the molecule is Cc1ccc(C(=O)NCC(O)c2ccccc2F)cc1O. The molecule has 21 heavy (non-hydrogen) atoms. The largest absolute Gasteiger partial charge is 0.508 e. The summed E-state index contributed by atoms with van der Waals surface area (Å²) in [6, 6.07) is 10.4. The number of hydrogen-bond donors (Lipinski definition) is 3. The van der Waals surface area contributed by atoms with Gasteiger partial charge in [-0.15, -0.1) is 0 Å². The molecule has 1 atom stereocenters. The lowest BCUT2D eigenvalue weighted by Crippen LogP contribution is -2.28. The Balaban J connectivity index is 2.01. The van der Waals surface area contributed by atoms with Crippen molar-refractivity contribution < 1.29 is 19.4 Å². The number of carbonyl (C=O) groups is 1. The molecule has 3 N–H and O–H groups in total. The van der Waals surface area contributed by atoms with Crippen LogP contribution in [0.25, 0.3) is 0 Å². The van der Waals surface area contributed by atoms with Gasteiger partial charge in [-0.2, -0.15) is 0 Å². The molecular formula is C16H16FNO3. The fraction of sp³-hybridized carbons (Fsp3) is 0.188. The first kappa shape index (κ1) is 15.0. The van der Waals surface area contributed by atoms with Crippen molar-refractivity contribution in [3.63, 3.8) is 0 Å². The maximum atomic E-state index is 13.5. The maximum Gasteiger partial charge on any atom is 0.251 e. The molecular weight excluding hydrogens is 273 g/mol. The molecule has 0 spiro atoms. The zero-order valence-corrected chi connectivity index (χ0v) is 11.5. The monoisotopic (exact) mass is 289 g/mol. The highest BCUT2D eigenvalue weighted by atomic mass is 19.1. The molecule has 0 aliphatic rings. The van der Waals surface area contributed by atoms with Gasteiger partial charge in [0.05, 0.1) is 6.10 Å². The van der Waals surface area contributed by atoms with Crippen LogP contribution in [0.5, 0.6) is 5.75 Å². The van der Waals surface area contributed by atoms with Gasteiger partial charge in [0.25, 0.3) is 5.91 Å². The number of phenolic OH excluding ortho intramolecular Hbond substituents is 1. The number of aliphatic hydroxyl groups is 1. The number of aliphatic hydroxyl groups excluding tert-OH is 1. The van der Waals surface area contributed by atoms with Crippen LogP contribution in [0.4, 0.5) is 4.39 Å². The van der Waals surface area contributed by atoms with Crippen LogP contribution in [0.3, 0.4) is 0 Å². The number of halogens is 1. The molecule has 0 aromatic heterocycles. The predicted octanol–water partition coefficient (Wildman–Crippen LogP) is 2.30. The van der Waals surface area contributed by atoms with Gasteiger partial charge in [0.1, 0.15) is 11.6 Å². The number of hydrogen-bond acceptors (Lipinski definition) is 3. The number of amides is 1. The van der Waals surface area contributed by atoms with E-state index in [4.69, 9.17) is 0 Å². The summed E-state index contributed by atoms with van der Waals surface area (Å²) in [6.07, 6.45) is -1.13. The molecule has 1 unspecified atom stereocenters. The quantitative estimate of drug-likeness (QED) is 0.809. The predicted molar refractivity (Wildman–Crippen MR) is 76.5 cm³/mol. The number of benzene rings is 2. The van der Waals surface area contributed by atoms with Gasteiger partial charge in [0, 0.05) is 17.7 Å². The van der Waals surface area contributed by atoms with Crippen molar-refractivity contribution >= 4 is 5.91 Å². The number of rotatable bonds is 4. The molecule has 110 valence electrons. The minimum Gasteiger partial charge on any atom is -0.508 e. The van der Waals surface area contributed by atoms with E-state index in [0.29, 0.717) is 5.56 Å². The Morgan fingerprint density at radius 2 is 2.00 bits per heavy atom. The summed E-state index contributed by atoms with van der Waals surface area (Å²) in [5.41, 5.74) is 1.07. The first-order chi connectivity index (χ1) is 9.99. The van der Waals surface area contributed by atoms with E-state index >= 15 is 0 Å². The third-order valence-electron chi connectivity index (χ3n) is 3.19. The molecule has 4 nitrogen and oxygen atoms in total. The summed E-state index contributed by atoms with van der Waals surface area (Å²) in [6.45, 7) is 1.60. The van der Waals surface area contributed by atoms with Gasteiger partial charge in [-0.1, -0.05) is 24.3 Å². The lowest BCUT2D eigenvalue weighted by atomic mass is 10.1. The number of carbonyl (C=O) groups excluding carboxylic acids is 1. The third kappa shape index (κ3) is 3.58. The molecule has 5 heteroatoms. The van der Waals surface area contributed by atoms with Crippen LogP contribution >= 0.6 is 0 Å². The standard InChI is InChI=1S/C16H16FNO3/c1-10-6-7-11(8-14(10)19)16(21)18-9-15(20)12-4-2-3-5-13(12)17/h2-8,15,19-20H,9H2,1H3,(H,18,21). The van der Waals surface area contributed by atoms with Gasteiger partial charge in [-0.3, -0.25) is 4.79 Å². The van der Waals surface area contributed by atoms with E-state index in [-0.39, 0.29) is 23.4 Å². The van der Waals surface area contributed by atoms with E-state index in [9.17, 15) is 19.4 Å². The number of aromatic hydroxyl groups is 1. The molecule has 0 fully saturated rings. The molecule has 0 bridgehead atoms. The van der Waals surface area contributed by atoms with Gasteiger partial charge in [-0.05, 0) is 30.7 Å². The molecule has 0 saturated heterocycles. The molecule has 2 rings (SSSR count). The van der Waals surface area contributed by atoms with Gasteiger partial charge in [0.2, 0.25) is 0 Å². The topological polar surface area (TPSA) is 69.6 Å². The molecule has 0 aliphatic carbocycles. The second-order valence-corrected chi connectivity index (χ2v) is 4.75. The molecule has 0 radical (unpaired) electrons. The minimum absolute atomic E-state index is 0.0253. The lowest BCUT2D eigenvalue weighted by molar-refractivity contribution is 0.0913. The summed E-state index contributed by atoms with van der Waals surface area (Å²) >= 11 is 0. The van der Waals surface area contributed by atoms with E-state index in [1.165, 1.54) is 24.3 Å². The molecule has 1 amide bonds. The molecule has 0 saturated carbocycles. The number of aryl methyl sites for hydroxylation is 1. The van der Waals surface area contributed by atoms with Crippen LogP contribution in [0.15, 0.2) is 42.5 Å². The van der Waals surface area contributed by atoms with Crippen molar-refractivity contribution in [3.8, 4) is 5.75 Å². The van der Waals surface area contributed by atoms with Gasteiger partial charge in [-0.25, -0.2) is 4.39 Å². The first-order valence-corrected chi connectivity index (χ1v) is 6.49. The molecule has 0 aliphatic heterocycles. The summed E-state index contributed by atoms with van der Waals surface area (Å²) in [5.74, 6) is -0.940. The number of nitrogens with one attached hydrogen (secondary N) is 1. The zero-order chi connectivity index (χ0) is 15.4. The van der Waals surface area contributed by atoms with Crippen molar-refractivity contribution in [3.05, 3.63) is 65.0 Å². The van der Waals surface area contributed by atoms with Gasteiger partial charge in [0.15, 0.2) is 0 Å². The minimum atomic E-state index is -1.13. The van der Waals surface area contributed by atoms with Crippen LogP contribution in [0.1, 0.15) is 27.6 Å². The first-order valence-electron chi connectivity index (χ1n) is 6.49. The van der Waals surface area contributed by atoms with E-state index < -0.39 is 17.8 Å². The zero-order valence-electron chi connectivity index (χ0n) is 11.5. The van der Waals surface area contributed by atoms with E-state index in [1.54, 1.807) is 25.1 Å².